The van der Waals surface area contributed by atoms with E-state index in [0.717, 1.165) is 31.9 Å². The van der Waals surface area contributed by atoms with Gasteiger partial charge in [0.1, 0.15) is 0 Å². The van der Waals surface area contributed by atoms with Gasteiger partial charge in [0.15, 0.2) is 5.82 Å². The van der Waals surface area contributed by atoms with E-state index >= 15 is 0 Å². The number of benzene rings is 1. The molecule has 3 aromatic heterocycles. The van der Waals surface area contributed by atoms with Crippen molar-refractivity contribution in [1.29, 1.82) is 0 Å². The van der Waals surface area contributed by atoms with Gasteiger partial charge in [-0.15, -0.1) is 12.4 Å². The largest absolute Gasteiger partial charge is 0.350 e. The summed E-state index contributed by atoms with van der Waals surface area (Å²) in [6.07, 6.45) is 6.80. The number of anilines is 1. The Labute approximate surface area is 177 Å². The van der Waals surface area contributed by atoms with E-state index in [2.05, 4.69) is 64.7 Å². The monoisotopic (exact) mass is 404 g/mol. The van der Waals surface area contributed by atoms with Crippen LogP contribution in [0.25, 0.3) is 10.9 Å². The molecule has 5 heteroatoms. The Balaban J connectivity index is 0.00000205. The van der Waals surface area contributed by atoms with Gasteiger partial charge in [-0.1, -0.05) is 30.3 Å². The summed E-state index contributed by atoms with van der Waals surface area (Å²) in [5, 5.41) is 1.30. The Kier molecular flexibility index (Phi) is 5.29. The molecule has 1 aliphatic rings. The third-order valence-electron chi connectivity index (χ3n) is 6.02. The Bertz CT molecular complexity index is 1150. The predicted octanol–water partition coefficient (Wildman–Crippen LogP) is 5.08. The highest BCUT2D eigenvalue weighted by molar-refractivity contribution is 5.93. The van der Waals surface area contributed by atoms with Crippen molar-refractivity contribution in [3.05, 3.63) is 89.0 Å². The number of hydrogen-bond donors (Lipinski definition) is 0. The molecule has 4 aromatic rings. The zero-order valence-corrected chi connectivity index (χ0v) is 17.6. The quantitative estimate of drug-likeness (QED) is 0.477. The Morgan fingerprint density at radius 3 is 2.59 bits per heavy atom. The second-order valence-electron chi connectivity index (χ2n) is 7.63. The number of fused-ring (bicyclic) bond motifs is 2. The lowest BCUT2D eigenvalue weighted by Crippen LogP contribution is -2.31. The smallest absolute Gasteiger partial charge is 0.153 e. The lowest BCUT2D eigenvalue weighted by atomic mass is 10.00. The molecule has 5 rings (SSSR count). The van der Waals surface area contributed by atoms with Crippen molar-refractivity contribution in [2.24, 2.45) is 0 Å². The van der Waals surface area contributed by atoms with Crippen molar-refractivity contribution >= 4 is 29.1 Å². The maximum atomic E-state index is 4.85. The summed E-state index contributed by atoms with van der Waals surface area (Å²) in [7, 11) is 0. The van der Waals surface area contributed by atoms with Gasteiger partial charge in [-0.05, 0) is 54.7 Å². The van der Waals surface area contributed by atoms with Crippen molar-refractivity contribution in [2.75, 3.05) is 11.4 Å². The minimum atomic E-state index is 0. The van der Waals surface area contributed by atoms with Crippen LogP contribution < -0.4 is 4.90 Å². The van der Waals surface area contributed by atoms with Crippen LogP contribution in [0.15, 0.2) is 61.1 Å². The summed E-state index contributed by atoms with van der Waals surface area (Å²) in [5.41, 5.74) is 7.95. The van der Waals surface area contributed by atoms with Crippen molar-refractivity contribution < 1.29 is 0 Å². The molecule has 1 aliphatic heterocycles. The third-order valence-corrected chi connectivity index (χ3v) is 6.02. The molecule has 0 amide bonds. The number of aryl methyl sites for hydroxylation is 1. The van der Waals surface area contributed by atoms with Gasteiger partial charge in [-0.2, -0.15) is 0 Å². The van der Waals surface area contributed by atoms with Gasteiger partial charge in [-0.3, -0.25) is 4.98 Å². The van der Waals surface area contributed by atoms with Gasteiger partial charge in [0, 0.05) is 49.3 Å². The summed E-state index contributed by atoms with van der Waals surface area (Å²) in [6, 6.07) is 15.1. The van der Waals surface area contributed by atoms with E-state index in [-0.39, 0.29) is 12.4 Å². The molecule has 148 valence electrons. The molecule has 0 aliphatic carbocycles. The zero-order valence-electron chi connectivity index (χ0n) is 16.8. The van der Waals surface area contributed by atoms with Gasteiger partial charge in [-0.25, -0.2) is 4.98 Å². The average molecular weight is 405 g/mol. The van der Waals surface area contributed by atoms with Crippen molar-refractivity contribution in [3.63, 3.8) is 0 Å². The second-order valence-corrected chi connectivity index (χ2v) is 7.63. The van der Waals surface area contributed by atoms with Crippen LogP contribution >= 0.6 is 12.4 Å². The van der Waals surface area contributed by atoms with Crippen LogP contribution in [0.5, 0.6) is 0 Å². The van der Waals surface area contributed by atoms with E-state index in [0.29, 0.717) is 0 Å². The first kappa shape index (κ1) is 19.5. The first-order valence-electron chi connectivity index (χ1n) is 9.87. The fourth-order valence-corrected chi connectivity index (χ4v) is 4.36. The van der Waals surface area contributed by atoms with E-state index < -0.39 is 0 Å². The van der Waals surface area contributed by atoms with Crippen molar-refractivity contribution in [3.8, 4) is 0 Å². The molecule has 0 atom stereocenters. The van der Waals surface area contributed by atoms with Crippen LogP contribution in [0.1, 0.15) is 27.9 Å². The molecular weight excluding hydrogens is 380 g/mol. The summed E-state index contributed by atoms with van der Waals surface area (Å²) in [5.74, 6) is 1.09. The van der Waals surface area contributed by atoms with E-state index in [4.69, 9.17) is 4.98 Å². The van der Waals surface area contributed by atoms with Crippen LogP contribution in [-0.2, 0) is 19.5 Å². The molecule has 0 bridgehead atoms. The molecule has 0 unspecified atom stereocenters. The van der Waals surface area contributed by atoms with Gasteiger partial charge in [0.2, 0.25) is 0 Å². The number of hydrogen-bond acceptors (Lipinski definition) is 3. The van der Waals surface area contributed by atoms with Gasteiger partial charge in [0.25, 0.3) is 0 Å². The summed E-state index contributed by atoms with van der Waals surface area (Å²) in [4.78, 5) is 11.6. The number of halogens is 1. The molecule has 0 N–H and O–H groups in total. The number of nitrogens with zero attached hydrogens (tertiary/aromatic N) is 4. The highest BCUT2D eigenvalue weighted by atomic mass is 35.5. The molecule has 0 saturated carbocycles. The summed E-state index contributed by atoms with van der Waals surface area (Å²) < 4.78 is 2.41. The molecule has 1 aromatic carbocycles. The summed E-state index contributed by atoms with van der Waals surface area (Å²) in [6.45, 7) is 7.15. The van der Waals surface area contributed by atoms with Gasteiger partial charge < -0.3 is 9.47 Å². The molecule has 0 radical (unpaired) electrons. The lowest BCUT2D eigenvalue weighted by molar-refractivity contribution is 0.717. The van der Waals surface area contributed by atoms with Crippen LogP contribution in [0.4, 0.5) is 5.82 Å². The first-order valence-corrected chi connectivity index (χ1v) is 9.87. The van der Waals surface area contributed by atoms with Crippen molar-refractivity contribution in [1.82, 2.24) is 14.5 Å². The average Bonchev–Trinajstić information content (AvgIpc) is 2.99. The number of aromatic nitrogens is 3. The molecular formula is C24H25ClN4. The van der Waals surface area contributed by atoms with Crippen LogP contribution in [0.2, 0.25) is 0 Å². The molecule has 4 heterocycles. The van der Waals surface area contributed by atoms with E-state index in [9.17, 15) is 0 Å². The maximum absolute atomic E-state index is 4.85. The SMILES string of the molecule is Cc1c(C)n(Cc2cccnc2)c2c(N3CCc4ccccc4C3)nccc12.Cl. The fraction of sp³-hybridized carbons (Fsp3) is 0.250. The number of pyridine rings is 2. The molecule has 0 saturated heterocycles. The van der Waals surface area contributed by atoms with Gasteiger partial charge in [0.05, 0.1) is 5.52 Å². The molecule has 0 fully saturated rings. The van der Waals surface area contributed by atoms with Gasteiger partial charge >= 0.3 is 0 Å². The first-order chi connectivity index (χ1) is 13.7. The topological polar surface area (TPSA) is 34.0 Å². The van der Waals surface area contributed by atoms with Crippen LogP contribution in [-0.4, -0.2) is 21.1 Å². The lowest BCUT2D eigenvalue weighted by Gasteiger charge is -2.30. The summed E-state index contributed by atoms with van der Waals surface area (Å²) >= 11 is 0. The van der Waals surface area contributed by atoms with Crippen LogP contribution in [0.3, 0.4) is 0 Å². The molecule has 0 spiro atoms. The highest BCUT2D eigenvalue weighted by Gasteiger charge is 2.22. The third kappa shape index (κ3) is 3.38. The second kappa shape index (κ2) is 7.88. The maximum Gasteiger partial charge on any atom is 0.153 e. The predicted molar refractivity (Wildman–Crippen MR) is 121 cm³/mol. The Hall–Kier alpha value is -2.85. The minimum Gasteiger partial charge on any atom is -0.350 e. The minimum absolute atomic E-state index is 0. The Morgan fingerprint density at radius 2 is 1.79 bits per heavy atom. The van der Waals surface area contributed by atoms with E-state index in [1.54, 1.807) is 0 Å². The van der Waals surface area contributed by atoms with E-state index in [1.165, 1.54) is 38.9 Å². The normalized spacial score (nSPS) is 13.2. The van der Waals surface area contributed by atoms with Crippen molar-refractivity contribution in [2.45, 2.75) is 33.4 Å². The Morgan fingerprint density at radius 1 is 0.966 bits per heavy atom. The number of rotatable bonds is 3. The zero-order chi connectivity index (χ0) is 19.1. The van der Waals surface area contributed by atoms with E-state index in [1.807, 2.05) is 24.7 Å². The highest BCUT2D eigenvalue weighted by Crippen LogP contribution is 2.34. The fourth-order valence-electron chi connectivity index (χ4n) is 4.36. The molecule has 29 heavy (non-hydrogen) atoms. The standard InChI is InChI=1S/C24H24N4.ClH/c1-17-18(2)28(15-19-6-5-11-25-14-19)23-22(17)9-12-26-24(23)27-13-10-20-7-3-4-8-21(20)16-27;/h3-9,11-12,14H,10,13,15-16H2,1-2H3;1H. The molecule has 4 nitrogen and oxygen atoms in total. The van der Waals surface area contributed by atoms with Crippen LogP contribution in [0, 0.1) is 13.8 Å².